The lowest BCUT2D eigenvalue weighted by Crippen LogP contribution is -2.35. The zero-order chi connectivity index (χ0) is 13.8. The van der Waals surface area contributed by atoms with Crippen LogP contribution in [0.2, 0.25) is 0 Å². The molecule has 0 radical (unpaired) electrons. The number of hydrogen-bond donors (Lipinski definition) is 1. The number of nitrogens with one attached hydrogen (secondary N) is 1. The standard InChI is InChI=1S/C8H11NO6S3/c1-17(11,12)15-7(6-10)5-9-18(13,14)8-3-2-4-16-8/h2-4,6-7,9H,5H2,1H3. The fraction of sp³-hybridized carbons (Fsp3) is 0.375. The van der Waals surface area contributed by atoms with Crippen LogP contribution in [0.15, 0.2) is 21.7 Å². The third-order valence-corrected chi connectivity index (χ3v) is 5.10. The molecule has 18 heavy (non-hydrogen) atoms. The molecule has 1 unspecified atom stereocenters. The third-order valence-electron chi connectivity index (χ3n) is 1.68. The largest absolute Gasteiger partial charge is 0.300 e. The molecule has 1 rings (SSSR count). The van der Waals surface area contributed by atoms with Crippen LogP contribution in [-0.4, -0.2) is 42.0 Å². The summed E-state index contributed by atoms with van der Waals surface area (Å²) in [5, 5.41) is 1.58. The number of aldehydes is 1. The molecule has 1 aromatic rings. The molecule has 0 amide bonds. The van der Waals surface area contributed by atoms with E-state index >= 15 is 0 Å². The van der Waals surface area contributed by atoms with E-state index in [1.54, 1.807) is 11.4 Å². The molecule has 10 heteroatoms. The molecule has 0 aromatic carbocycles. The van der Waals surface area contributed by atoms with Gasteiger partial charge in [0.1, 0.15) is 10.3 Å². The quantitative estimate of drug-likeness (QED) is 0.541. The maximum atomic E-state index is 11.7. The summed E-state index contributed by atoms with van der Waals surface area (Å²) < 4.78 is 51.5. The highest BCUT2D eigenvalue weighted by Gasteiger charge is 2.20. The summed E-state index contributed by atoms with van der Waals surface area (Å²) in [6.07, 6.45) is -0.385. The molecule has 102 valence electrons. The van der Waals surface area contributed by atoms with Crippen molar-refractivity contribution in [1.29, 1.82) is 0 Å². The molecule has 0 saturated heterocycles. The molecule has 0 aliphatic rings. The van der Waals surface area contributed by atoms with Gasteiger partial charge in [-0.1, -0.05) is 6.07 Å². The minimum Gasteiger partial charge on any atom is -0.300 e. The van der Waals surface area contributed by atoms with E-state index in [0.717, 1.165) is 17.6 Å². The lowest BCUT2D eigenvalue weighted by Gasteiger charge is -2.10. The van der Waals surface area contributed by atoms with Gasteiger partial charge in [-0.3, -0.25) is 4.18 Å². The van der Waals surface area contributed by atoms with Crippen molar-refractivity contribution >= 4 is 37.8 Å². The van der Waals surface area contributed by atoms with E-state index < -0.39 is 32.8 Å². The first-order chi connectivity index (χ1) is 8.24. The Labute approximate surface area is 109 Å². The van der Waals surface area contributed by atoms with Crippen molar-refractivity contribution in [3.63, 3.8) is 0 Å². The van der Waals surface area contributed by atoms with Gasteiger partial charge in [0.05, 0.1) is 6.26 Å². The maximum Gasteiger partial charge on any atom is 0.265 e. The second kappa shape index (κ2) is 5.89. The van der Waals surface area contributed by atoms with Crippen LogP contribution in [0, 0.1) is 0 Å². The van der Waals surface area contributed by atoms with E-state index in [2.05, 4.69) is 8.91 Å². The highest BCUT2D eigenvalue weighted by atomic mass is 32.2. The topological polar surface area (TPSA) is 107 Å². The Balaban J connectivity index is 2.67. The van der Waals surface area contributed by atoms with E-state index in [1.165, 1.54) is 6.07 Å². The van der Waals surface area contributed by atoms with Crippen LogP contribution >= 0.6 is 11.3 Å². The Hall–Kier alpha value is -0.810. The Bertz CT molecular complexity index is 589. The van der Waals surface area contributed by atoms with Crippen LogP contribution in [0.4, 0.5) is 0 Å². The summed E-state index contributed by atoms with van der Waals surface area (Å²) in [4.78, 5) is 10.6. The van der Waals surface area contributed by atoms with Gasteiger partial charge in [-0.2, -0.15) is 8.42 Å². The normalized spacial score (nSPS) is 14.3. The number of carbonyl (C=O) groups excluding carboxylic acids is 1. The van der Waals surface area contributed by atoms with E-state index in [-0.39, 0.29) is 10.5 Å². The third kappa shape index (κ3) is 4.82. The van der Waals surface area contributed by atoms with Crippen molar-refractivity contribution in [3.05, 3.63) is 17.5 Å². The van der Waals surface area contributed by atoms with Gasteiger partial charge >= 0.3 is 0 Å². The number of thiophene rings is 1. The van der Waals surface area contributed by atoms with E-state index in [1.807, 2.05) is 0 Å². The molecule has 0 fully saturated rings. The Morgan fingerprint density at radius 2 is 2.11 bits per heavy atom. The average molecular weight is 313 g/mol. The molecule has 0 bridgehead atoms. The van der Waals surface area contributed by atoms with Gasteiger partial charge in [-0.15, -0.1) is 11.3 Å². The molecule has 0 saturated carbocycles. The first-order valence-electron chi connectivity index (χ1n) is 4.61. The molecular weight excluding hydrogens is 302 g/mol. The van der Waals surface area contributed by atoms with Crippen LogP contribution in [0.1, 0.15) is 0 Å². The Morgan fingerprint density at radius 1 is 1.44 bits per heavy atom. The Kier molecular flexibility index (Phi) is 4.99. The smallest absolute Gasteiger partial charge is 0.265 e. The first-order valence-corrected chi connectivity index (χ1v) is 8.79. The predicted molar refractivity (Wildman–Crippen MR) is 65.3 cm³/mol. The SMILES string of the molecule is CS(=O)(=O)OC(C=O)CNS(=O)(=O)c1cccs1. The molecule has 1 atom stereocenters. The van der Waals surface area contributed by atoms with Gasteiger partial charge in [0.2, 0.25) is 10.0 Å². The summed E-state index contributed by atoms with van der Waals surface area (Å²) in [5.74, 6) is 0. The van der Waals surface area contributed by atoms with Crippen molar-refractivity contribution in [3.8, 4) is 0 Å². The highest BCUT2D eigenvalue weighted by Crippen LogP contribution is 2.15. The molecule has 7 nitrogen and oxygen atoms in total. The molecule has 1 heterocycles. The van der Waals surface area contributed by atoms with Gasteiger partial charge in [0.25, 0.3) is 10.1 Å². The second-order valence-electron chi connectivity index (χ2n) is 3.26. The molecule has 1 aromatic heterocycles. The summed E-state index contributed by atoms with van der Waals surface area (Å²) in [6, 6.07) is 2.95. The van der Waals surface area contributed by atoms with Gasteiger partial charge in [-0.25, -0.2) is 13.1 Å². The number of hydrogen-bond acceptors (Lipinski definition) is 7. The van der Waals surface area contributed by atoms with Crippen LogP contribution in [0.25, 0.3) is 0 Å². The van der Waals surface area contributed by atoms with Crippen LogP contribution in [0.5, 0.6) is 0 Å². The van der Waals surface area contributed by atoms with Crippen molar-refractivity contribution in [1.82, 2.24) is 4.72 Å². The van der Waals surface area contributed by atoms with Gasteiger partial charge in [-0.05, 0) is 11.4 Å². The number of sulfonamides is 1. The van der Waals surface area contributed by atoms with Crippen LogP contribution in [0.3, 0.4) is 0 Å². The van der Waals surface area contributed by atoms with Crippen LogP contribution in [-0.2, 0) is 29.1 Å². The lowest BCUT2D eigenvalue weighted by molar-refractivity contribution is -0.113. The average Bonchev–Trinajstić information content (AvgIpc) is 2.76. The minimum absolute atomic E-state index is 0.0755. The number of rotatable bonds is 7. The van der Waals surface area contributed by atoms with Gasteiger partial charge < -0.3 is 4.79 Å². The van der Waals surface area contributed by atoms with E-state index in [9.17, 15) is 21.6 Å². The van der Waals surface area contributed by atoms with Gasteiger partial charge in [0, 0.05) is 6.54 Å². The van der Waals surface area contributed by atoms with Gasteiger partial charge in [0.15, 0.2) is 6.29 Å². The van der Waals surface area contributed by atoms with Crippen molar-refractivity contribution in [2.75, 3.05) is 12.8 Å². The molecule has 1 N–H and O–H groups in total. The highest BCUT2D eigenvalue weighted by molar-refractivity contribution is 7.91. The zero-order valence-electron chi connectivity index (χ0n) is 9.27. The van der Waals surface area contributed by atoms with Crippen LogP contribution < -0.4 is 4.72 Å². The van der Waals surface area contributed by atoms with E-state index in [0.29, 0.717) is 0 Å². The summed E-state index contributed by atoms with van der Waals surface area (Å²) in [5.41, 5.74) is 0. The van der Waals surface area contributed by atoms with Crippen molar-refractivity contribution in [2.24, 2.45) is 0 Å². The molecule has 0 aliphatic heterocycles. The zero-order valence-corrected chi connectivity index (χ0v) is 11.7. The minimum atomic E-state index is -3.82. The molecule has 0 spiro atoms. The fourth-order valence-corrected chi connectivity index (χ4v) is 3.65. The first kappa shape index (κ1) is 15.2. The molecule has 0 aliphatic carbocycles. The predicted octanol–water partition coefficient (Wildman–Crippen LogP) is -0.430. The lowest BCUT2D eigenvalue weighted by atomic mass is 10.4. The van der Waals surface area contributed by atoms with Crippen molar-refractivity contribution < 1.29 is 25.8 Å². The fourth-order valence-electron chi connectivity index (χ4n) is 1.01. The monoisotopic (exact) mass is 313 g/mol. The summed E-state index contributed by atoms with van der Waals surface area (Å²) in [7, 11) is -7.56. The molecular formula is C8H11NO6S3. The maximum absolute atomic E-state index is 11.7. The summed E-state index contributed by atoms with van der Waals surface area (Å²) >= 11 is 1.00. The van der Waals surface area contributed by atoms with Crippen molar-refractivity contribution in [2.45, 2.75) is 10.3 Å². The summed E-state index contributed by atoms with van der Waals surface area (Å²) in [6.45, 7) is -0.448. The second-order valence-corrected chi connectivity index (χ2v) is 7.80. The number of carbonyl (C=O) groups is 1. The van der Waals surface area contributed by atoms with E-state index in [4.69, 9.17) is 0 Å². The Morgan fingerprint density at radius 3 is 2.56 bits per heavy atom.